The predicted molar refractivity (Wildman–Crippen MR) is 67.7 cm³/mol. The molecule has 0 fully saturated rings. The summed E-state index contributed by atoms with van der Waals surface area (Å²) in [5, 5.41) is 5.13. The van der Waals surface area contributed by atoms with E-state index in [0.717, 1.165) is 0 Å². The summed E-state index contributed by atoms with van der Waals surface area (Å²) in [5.41, 5.74) is 0.650. The Balaban J connectivity index is 2.60. The van der Waals surface area contributed by atoms with Gasteiger partial charge >= 0.3 is 12.0 Å². The molecule has 0 aliphatic carbocycles. The number of nitrogens with zero attached hydrogens (tertiary/aromatic N) is 2. The average molecular weight is 284 g/mol. The van der Waals surface area contributed by atoms with Gasteiger partial charge in [0.2, 0.25) is 6.08 Å². The Morgan fingerprint density at radius 3 is 2.89 bits per heavy atom. The first kappa shape index (κ1) is 14.8. The molecule has 2 N–H and O–H groups in total. The summed E-state index contributed by atoms with van der Waals surface area (Å²) in [7, 11) is 1.30. The van der Waals surface area contributed by atoms with Gasteiger partial charge in [-0.15, -0.1) is 11.3 Å². The SMILES string of the molecule is COC(=O)Cc1sc(NC(=O)NCN=C=O)nc1C. The van der Waals surface area contributed by atoms with Gasteiger partial charge in [-0.2, -0.15) is 4.99 Å². The van der Waals surface area contributed by atoms with Crippen molar-refractivity contribution in [3.05, 3.63) is 10.6 Å². The highest BCUT2D eigenvalue weighted by Gasteiger charge is 2.13. The first-order valence-electron chi connectivity index (χ1n) is 5.18. The van der Waals surface area contributed by atoms with Crippen LogP contribution in [-0.2, 0) is 20.7 Å². The molecule has 1 rings (SSSR count). The normalized spacial score (nSPS) is 9.37. The number of aryl methyl sites for hydroxylation is 1. The van der Waals surface area contributed by atoms with Gasteiger partial charge < -0.3 is 10.1 Å². The molecule has 19 heavy (non-hydrogen) atoms. The lowest BCUT2D eigenvalue weighted by atomic mass is 10.3. The minimum absolute atomic E-state index is 0.110. The standard InChI is InChI=1S/C10H12N4O4S/c1-6-7(3-8(16)18-2)19-10(13-6)14-9(17)12-4-11-5-15/h3-4H2,1-2H3,(H2,12,13,14,17). The number of urea groups is 1. The lowest BCUT2D eigenvalue weighted by Gasteiger charge is -2.00. The third kappa shape index (κ3) is 4.86. The molecule has 9 heteroatoms. The van der Waals surface area contributed by atoms with E-state index in [1.807, 2.05) is 0 Å². The van der Waals surface area contributed by atoms with E-state index in [1.54, 1.807) is 6.92 Å². The number of aliphatic imine (C=N–C) groups is 1. The zero-order chi connectivity index (χ0) is 14.3. The molecular weight excluding hydrogens is 272 g/mol. The van der Waals surface area contributed by atoms with E-state index in [0.29, 0.717) is 15.7 Å². The van der Waals surface area contributed by atoms with Crippen LogP contribution in [0, 0.1) is 6.92 Å². The molecule has 0 aliphatic heterocycles. The molecule has 0 saturated heterocycles. The van der Waals surface area contributed by atoms with Crippen LogP contribution in [0.4, 0.5) is 9.93 Å². The molecule has 1 heterocycles. The van der Waals surface area contributed by atoms with E-state index in [2.05, 4.69) is 25.3 Å². The number of thiazole rings is 1. The molecule has 0 atom stereocenters. The van der Waals surface area contributed by atoms with Gasteiger partial charge in [0.15, 0.2) is 5.13 Å². The zero-order valence-corrected chi connectivity index (χ0v) is 11.2. The van der Waals surface area contributed by atoms with Crippen LogP contribution in [-0.4, -0.2) is 36.8 Å². The highest BCUT2D eigenvalue weighted by molar-refractivity contribution is 7.16. The molecule has 0 unspecified atom stereocenters. The smallest absolute Gasteiger partial charge is 0.322 e. The summed E-state index contributed by atoms with van der Waals surface area (Å²) in [6.45, 7) is 1.57. The Labute approximate surface area is 112 Å². The maximum atomic E-state index is 11.3. The largest absolute Gasteiger partial charge is 0.469 e. The summed E-state index contributed by atoms with van der Waals surface area (Å²) >= 11 is 1.18. The number of hydrogen-bond donors (Lipinski definition) is 2. The average Bonchev–Trinajstić information content (AvgIpc) is 2.69. The molecule has 0 aromatic carbocycles. The van der Waals surface area contributed by atoms with Crippen molar-refractivity contribution < 1.29 is 19.1 Å². The van der Waals surface area contributed by atoms with Gasteiger partial charge in [0.25, 0.3) is 0 Å². The van der Waals surface area contributed by atoms with Crippen molar-refractivity contribution in [3.63, 3.8) is 0 Å². The van der Waals surface area contributed by atoms with Crippen LogP contribution in [0.15, 0.2) is 4.99 Å². The van der Waals surface area contributed by atoms with Gasteiger partial charge in [-0.3, -0.25) is 10.1 Å². The molecule has 102 valence electrons. The second-order valence-corrected chi connectivity index (χ2v) is 4.40. The maximum absolute atomic E-state index is 11.3. The van der Waals surface area contributed by atoms with E-state index in [-0.39, 0.29) is 19.1 Å². The number of carbonyl (C=O) groups is 2. The van der Waals surface area contributed by atoms with Crippen LogP contribution in [0.1, 0.15) is 10.6 Å². The highest BCUT2D eigenvalue weighted by atomic mass is 32.1. The molecule has 0 radical (unpaired) electrons. The summed E-state index contributed by atoms with van der Waals surface area (Å²) in [5.74, 6) is -0.372. The monoisotopic (exact) mass is 284 g/mol. The number of anilines is 1. The zero-order valence-electron chi connectivity index (χ0n) is 10.3. The van der Waals surface area contributed by atoms with Crippen LogP contribution in [0.2, 0.25) is 0 Å². The number of nitrogens with one attached hydrogen (secondary N) is 2. The summed E-state index contributed by atoms with van der Waals surface area (Å²) in [6.07, 6.45) is 1.41. The third-order valence-corrected chi connectivity index (χ3v) is 3.10. The number of ether oxygens (including phenoxy) is 1. The molecule has 0 saturated carbocycles. The van der Waals surface area contributed by atoms with E-state index >= 15 is 0 Å². The third-order valence-electron chi connectivity index (χ3n) is 2.03. The Morgan fingerprint density at radius 1 is 1.53 bits per heavy atom. The van der Waals surface area contributed by atoms with Crippen LogP contribution >= 0.6 is 11.3 Å². The summed E-state index contributed by atoms with van der Waals surface area (Å²) in [4.78, 5) is 40.3. The topological polar surface area (TPSA) is 110 Å². The van der Waals surface area contributed by atoms with Gasteiger partial charge in [-0.25, -0.2) is 14.6 Å². The number of aromatic nitrogens is 1. The molecular formula is C10H12N4O4S. The molecule has 0 bridgehead atoms. The highest BCUT2D eigenvalue weighted by Crippen LogP contribution is 2.23. The first-order valence-corrected chi connectivity index (χ1v) is 6.00. The fraction of sp³-hybridized carbons (Fsp3) is 0.400. The Hall–Kier alpha value is -2.25. The maximum Gasteiger partial charge on any atom is 0.322 e. The fourth-order valence-electron chi connectivity index (χ4n) is 1.13. The molecule has 0 aliphatic rings. The van der Waals surface area contributed by atoms with Gasteiger partial charge in [0.1, 0.15) is 6.67 Å². The minimum atomic E-state index is -0.544. The molecule has 2 amide bonds. The second-order valence-electron chi connectivity index (χ2n) is 3.32. The summed E-state index contributed by atoms with van der Waals surface area (Å²) in [6, 6.07) is -0.544. The fourth-order valence-corrected chi connectivity index (χ4v) is 2.08. The minimum Gasteiger partial charge on any atom is -0.469 e. The van der Waals surface area contributed by atoms with Crippen molar-refractivity contribution in [1.29, 1.82) is 0 Å². The Kier molecular flexibility index (Phi) is 5.65. The molecule has 1 aromatic rings. The van der Waals surface area contributed by atoms with Crippen LogP contribution < -0.4 is 10.6 Å². The number of esters is 1. The molecule has 8 nitrogen and oxygen atoms in total. The Morgan fingerprint density at radius 2 is 2.26 bits per heavy atom. The van der Waals surface area contributed by atoms with Crippen molar-refractivity contribution in [2.75, 3.05) is 19.1 Å². The number of methoxy groups -OCH3 is 1. The number of rotatable bonds is 5. The van der Waals surface area contributed by atoms with Crippen LogP contribution in [0.5, 0.6) is 0 Å². The number of hydrogen-bond acceptors (Lipinski definition) is 7. The number of isocyanates is 1. The van der Waals surface area contributed by atoms with Crippen LogP contribution in [0.25, 0.3) is 0 Å². The van der Waals surface area contributed by atoms with Crippen molar-refractivity contribution in [2.45, 2.75) is 13.3 Å². The van der Waals surface area contributed by atoms with Crippen LogP contribution in [0.3, 0.4) is 0 Å². The predicted octanol–water partition coefficient (Wildman–Crippen LogP) is 0.582. The lowest BCUT2D eigenvalue weighted by Crippen LogP contribution is -2.28. The number of amides is 2. The van der Waals surface area contributed by atoms with Gasteiger partial charge in [0.05, 0.1) is 19.2 Å². The van der Waals surface area contributed by atoms with E-state index in [1.165, 1.54) is 24.5 Å². The number of carbonyl (C=O) groups excluding carboxylic acids is 3. The van der Waals surface area contributed by atoms with Gasteiger partial charge in [-0.1, -0.05) is 0 Å². The van der Waals surface area contributed by atoms with E-state index < -0.39 is 6.03 Å². The summed E-state index contributed by atoms with van der Waals surface area (Å²) < 4.78 is 4.56. The quantitative estimate of drug-likeness (QED) is 0.467. The van der Waals surface area contributed by atoms with Gasteiger partial charge in [-0.05, 0) is 6.92 Å². The van der Waals surface area contributed by atoms with E-state index in [9.17, 15) is 14.4 Å². The Bertz CT molecular complexity index is 522. The molecule has 1 aromatic heterocycles. The molecule has 0 spiro atoms. The van der Waals surface area contributed by atoms with Crippen molar-refractivity contribution in [1.82, 2.24) is 10.3 Å². The first-order chi connectivity index (χ1) is 9.06. The van der Waals surface area contributed by atoms with Crippen molar-refractivity contribution in [2.24, 2.45) is 4.99 Å². The van der Waals surface area contributed by atoms with Crippen molar-refractivity contribution in [3.8, 4) is 0 Å². The second kappa shape index (κ2) is 7.24. The van der Waals surface area contributed by atoms with Gasteiger partial charge in [0, 0.05) is 4.88 Å². The van der Waals surface area contributed by atoms with Crippen molar-refractivity contribution >= 4 is 34.5 Å². The lowest BCUT2D eigenvalue weighted by molar-refractivity contribution is -0.139. The van der Waals surface area contributed by atoms with E-state index in [4.69, 9.17) is 0 Å².